The number of anilines is 1. The molecule has 2 atom stereocenters. The molecule has 0 saturated carbocycles. The highest BCUT2D eigenvalue weighted by Gasteiger charge is 2.29. The Labute approximate surface area is 199 Å². The van der Waals surface area contributed by atoms with E-state index in [0.29, 0.717) is 11.3 Å². The summed E-state index contributed by atoms with van der Waals surface area (Å²) in [6.07, 6.45) is 0.294. The lowest BCUT2D eigenvalue weighted by molar-refractivity contribution is -0.122. The molecule has 1 aliphatic heterocycles. The van der Waals surface area contributed by atoms with Crippen LogP contribution in [-0.2, 0) is 9.59 Å². The molecule has 2 heterocycles. The van der Waals surface area contributed by atoms with Crippen molar-refractivity contribution in [3.8, 4) is 0 Å². The molecule has 0 aliphatic carbocycles. The van der Waals surface area contributed by atoms with Gasteiger partial charge in [-0.25, -0.2) is 4.98 Å². The number of fused-ring (bicyclic) bond motifs is 2. The molecule has 8 heteroatoms. The molecule has 0 spiro atoms. The minimum atomic E-state index is -0.789. The predicted molar refractivity (Wildman–Crippen MR) is 131 cm³/mol. The summed E-state index contributed by atoms with van der Waals surface area (Å²) in [5.74, 6) is 0.0761. The van der Waals surface area contributed by atoms with Gasteiger partial charge < -0.3 is 20.5 Å². The van der Waals surface area contributed by atoms with Crippen molar-refractivity contribution >= 4 is 34.4 Å². The van der Waals surface area contributed by atoms with E-state index < -0.39 is 6.04 Å². The molecule has 8 nitrogen and oxygen atoms in total. The van der Waals surface area contributed by atoms with Gasteiger partial charge in [-0.3, -0.25) is 14.4 Å². The van der Waals surface area contributed by atoms with Crippen molar-refractivity contribution in [2.24, 2.45) is 5.92 Å². The van der Waals surface area contributed by atoms with Crippen molar-refractivity contribution in [2.75, 3.05) is 5.32 Å². The zero-order valence-electron chi connectivity index (χ0n) is 20.0. The SMILES string of the molecule is CC(C)[C@@H](NC(=O)CC[C@H]1NC(=O)c2ccccc2NC1=O)c1nc2ccccc2n1C(C)C. The Morgan fingerprint density at radius 1 is 1.06 bits per heavy atom. The van der Waals surface area contributed by atoms with Gasteiger partial charge in [0.25, 0.3) is 5.91 Å². The Morgan fingerprint density at radius 3 is 2.50 bits per heavy atom. The summed E-state index contributed by atoms with van der Waals surface area (Å²) in [7, 11) is 0. The molecule has 0 bridgehead atoms. The average molecular weight is 462 g/mol. The summed E-state index contributed by atoms with van der Waals surface area (Å²) in [5.41, 5.74) is 2.81. The number of amides is 3. The van der Waals surface area contributed by atoms with Crippen LogP contribution in [0, 0.1) is 5.92 Å². The van der Waals surface area contributed by atoms with Crippen molar-refractivity contribution in [2.45, 2.75) is 58.7 Å². The first-order valence-corrected chi connectivity index (χ1v) is 11.7. The first-order chi connectivity index (χ1) is 16.3. The maximum atomic E-state index is 13.0. The van der Waals surface area contributed by atoms with Gasteiger partial charge in [-0.15, -0.1) is 0 Å². The third-order valence-electron chi connectivity index (χ3n) is 6.11. The van der Waals surface area contributed by atoms with E-state index in [4.69, 9.17) is 4.98 Å². The first kappa shape index (κ1) is 23.5. The number of imidazole rings is 1. The minimum Gasteiger partial charge on any atom is -0.346 e. The standard InChI is InChI=1S/C26H31N5O3/c1-15(2)23(24-27-19-11-7-8-12-21(19)31(24)16(3)4)30-22(32)14-13-20-26(34)28-18-10-6-5-9-17(18)25(33)29-20/h5-12,15-16,20,23H,13-14H2,1-4H3,(H,28,34)(H,29,33)(H,30,32)/t20-,23-/m1/s1. The maximum absolute atomic E-state index is 13.0. The molecule has 3 amide bonds. The van der Waals surface area contributed by atoms with Crippen molar-refractivity contribution < 1.29 is 14.4 Å². The van der Waals surface area contributed by atoms with Crippen LogP contribution in [0.3, 0.4) is 0 Å². The van der Waals surface area contributed by atoms with Crippen LogP contribution in [0.15, 0.2) is 48.5 Å². The molecule has 3 N–H and O–H groups in total. The molecular formula is C26H31N5O3. The summed E-state index contributed by atoms with van der Waals surface area (Å²) < 4.78 is 2.16. The molecule has 0 radical (unpaired) electrons. The van der Waals surface area contributed by atoms with Gasteiger partial charge in [0.05, 0.1) is 28.3 Å². The number of nitrogens with one attached hydrogen (secondary N) is 3. The smallest absolute Gasteiger partial charge is 0.254 e. The van der Waals surface area contributed by atoms with Gasteiger partial charge in [-0.1, -0.05) is 38.1 Å². The van der Waals surface area contributed by atoms with Crippen LogP contribution in [-0.4, -0.2) is 33.3 Å². The first-order valence-electron chi connectivity index (χ1n) is 11.7. The number of benzene rings is 2. The normalized spacial score (nSPS) is 16.7. The fourth-order valence-corrected chi connectivity index (χ4v) is 4.39. The predicted octanol–water partition coefficient (Wildman–Crippen LogP) is 3.96. The molecule has 2 aromatic carbocycles. The Kier molecular flexibility index (Phi) is 6.68. The van der Waals surface area contributed by atoms with Gasteiger partial charge in [0, 0.05) is 12.5 Å². The average Bonchev–Trinajstić information content (AvgIpc) is 3.13. The van der Waals surface area contributed by atoms with E-state index in [2.05, 4.69) is 34.4 Å². The molecular weight excluding hydrogens is 430 g/mol. The fraction of sp³-hybridized carbons (Fsp3) is 0.385. The second-order valence-corrected chi connectivity index (χ2v) is 9.31. The zero-order chi connectivity index (χ0) is 24.4. The van der Waals surface area contributed by atoms with Crippen LogP contribution in [0.2, 0.25) is 0 Å². The van der Waals surface area contributed by atoms with Crippen LogP contribution in [0.5, 0.6) is 0 Å². The topological polar surface area (TPSA) is 105 Å². The van der Waals surface area contributed by atoms with Gasteiger partial charge >= 0.3 is 0 Å². The van der Waals surface area contributed by atoms with E-state index in [1.54, 1.807) is 24.3 Å². The highest BCUT2D eigenvalue weighted by molar-refractivity contribution is 6.09. The Balaban J connectivity index is 1.48. The maximum Gasteiger partial charge on any atom is 0.254 e. The summed E-state index contributed by atoms with van der Waals surface area (Å²) in [6.45, 7) is 8.29. The minimum absolute atomic E-state index is 0.0971. The molecule has 34 heavy (non-hydrogen) atoms. The quantitative estimate of drug-likeness (QED) is 0.495. The molecule has 0 fully saturated rings. The van der Waals surface area contributed by atoms with E-state index in [1.165, 1.54) is 0 Å². The number of rotatable bonds is 7. The molecule has 3 aromatic rings. The summed E-state index contributed by atoms with van der Waals surface area (Å²) in [6, 6.07) is 13.9. The number of aromatic nitrogens is 2. The van der Waals surface area contributed by atoms with E-state index in [1.807, 2.05) is 38.1 Å². The second-order valence-electron chi connectivity index (χ2n) is 9.31. The van der Waals surface area contributed by atoms with Crippen LogP contribution in [0.1, 0.15) is 68.8 Å². The van der Waals surface area contributed by atoms with Gasteiger partial charge in [0.2, 0.25) is 11.8 Å². The van der Waals surface area contributed by atoms with E-state index in [-0.39, 0.29) is 48.6 Å². The summed E-state index contributed by atoms with van der Waals surface area (Å²) in [5, 5.41) is 8.64. The Hall–Kier alpha value is -3.68. The number of nitrogens with zero attached hydrogens (tertiary/aromatic N) is 2. The number of carbonyl (C=O) groups excluding carboxylic acids is 3. The summed E-state index contributed by atoms with van der Waals surface area (Å²) in [4.78, 5) is 43.0. The number of para-hydroxylation sites is 3. The van der Waals surface area contributed by atoms with Gasteiger partial charge in [-0.05, 0) is 50.5 Å². The number of hydrogen-bond donors (Lipinski definition) is 3. The highest BCUT2D eigenvalue weighted by atomic mass is 16.2. The van der Waals surface area contributed by atoms with Crippen LogP contribution >= 0.6 is 0 Å². The molecule has 4 rings (SSSR count). The Morgan fingerprint density at radius 2 is 1.76 bits per heavy atom. The largest absolute Gasteiger partial charge is 0.346 e. The number of hydrogen-bond acceptors (Lipinski definition) is 4. The monoisotopic (exact) mass is 461 g/mol. The second kappa shape index (κ2) is 9.67. The zero-order valence-corrected chi connectivity index (χ0v) is 20.0. The fourth-order valence-electron chi connectivity index (χ4n) is 4.39. The third kappa shape index (κ3) is 4.66. The van der Waals surface area contributed by atoms with Crippen LogP contribution in [0.25, 0.3) is 11.0 Å². The lowest BCUT2D eigenvalue weighted by atomic mass is 10.0. The summed E-state index contributed by atoms with van der Waals surface area (Å²) >= 11 is 0. The molecule has 0 unspecified atom stereocenters. The van der Waals surface area contributed by atoms with Gasteiger partial charge in [0.15, 0.2) is 0 Å². The van der Waals surface area contributed by atoms with E-state index in [0.717, 1.165) is 16.9 Å². The highest BCUT2D eigenvalue weighted by Crippen LogP contribution is 2.29. The van der Waals surface area contributed by atoms with Crippen molar-refractivity contribution in [3.63, 3.8) is 0 Å². The lowest BCUT2D eigenvalue weighted by Gasteiger charge is -2.25. The lowest BCUT2D eigenvalue weighted by Crippen LogP contribution is -2.42. The molecule has 1 aliphatic rings. The van der Waals surface area contributed by atoms with Crippen molar-refractivity contribution in [1.82, 2.24) is 20.2 Å². The van der Waals surface area contributed by atoms with E-state index >= 15 is 0 Å². The third-order valence-corrected chi connectivity index (χ3v) is 6.11. The van der Waals surface area contributed by atoms with Crippen LogP contribution < -0.4 is 16.0 Å². The molecule has 1 aromatic heterocycles. The number of carbonyl (C=O) groups is 3. The molecule has 0 saturated heterocycles. The van der Waals surface area contributed by atoms with E-state index in [9.17, 15) is 14.4 Å². The van der Waals surface area contributed by atoms with Crippen molar-refractivity contribution in [1.29, 1.82) is 0 Å². The van der Waals surface area contributed by atoms with Crippen LogP contribution in [0.4, 0.5) is 5.69 Å². The Bertz CT molecular complexity index is 1230. The van der Waals surface area contributed by atoms with Gasteiger partial charge in [0.1, 0.15) is 11.9 Å². The molecule has 178 valence electrons. The van der Waals surface area contributed by atoms with Crippen molar-refractivity contribution in [3.05, 3.63) is 59.9 Å². The van der Waals surface area contributed by atoms with Gasteiger partial charge in [-0.2, -0.15) is 0 Å².